The minimum atomic E-state index is -0.967. The van der Waals surface area contributed by atoms with Gasteiger partial charge in [-0.1, -0.05) is 11.6 Å². The molecule has 0 fully saturated rings. The van der Waals surface area contributed by atoms with Gasteiger partial charge in [0.2, 0.25) is 5.88 Å². The van der Waals surface area contributed by atoms with Gasteiger partial charge in [-0.25, -0.2) is 9.78 Å². The second kappa shape index (κ2) is 4.81. The molecule has 2 aromatic rings. The summed E-state index contributed by atoms with van der Waals surface area (Å²) >= 11 is 5.89. The Hall–Kier alpha value is -1.82. The lowest BCUT2D eigenvalue weighted by atomic mass is 10.3. The third kappa shape index (κ3) is 2.11. The first-order chi connectivity index (χ1) is 8.54. The summed E-state index contributed by atoms with van der Waals surface area (Å²) in [6.45, 7) is 3.82. The van der Waals surface area contributed by atoms with E-state index < -0.39 is 12.0 Å². The fourth-order valence-corrected chi connectivity index (χ4v) is 1.82. The smallest absolute Gasteiger partial charge is 0.328 e. The number of nitrogens with zero attached hydrogens (tertiary/aromatic N) is 3. The second-order valence-electron chi connectivity index (χ2n) is 3.72. The standard InChI is InChI=1S/C11H12ClN3O3/c1-3-18-10-7-5-13-15(6(2)11(16)17)8(7)4-9(12)14-10/h4-6H,3H2,1-2H3,(H,16,17). The molecule has 18 heavy (non-hydrogen) atoms. The van der Waals surface area contributed by atoms with Gasteiger partial charge in [-0.15, -0.1) is 0 Å². The van der Waals surface area contributed by atoms with Crippen molar-refractivity contribution >= 4 is 28.5 Å². The predicted octanol–water partition coefficient (Wildman–Crippen LogP) is 2.13. The van der Waals surface area contributed by atoms with Gasteiger partial charge in [0.25, 0.3) is 0 Å². The summed E-state index contributed by atoms with van der Waals surface area (Å²) in [6, 6.07) is 0.793. The highest BCUT2D eigenvalue weighted by atomic mass is 35.5. The minimum absolute atomic E-state index is 0.241. The van der Waals surface area contributed by atoms with Gasteiger partial charge in [0, 0.05) is 6.07 Å². The predicted molar refractivity (Wildman–Crippen MR) is 66.1 cm³/mol. The molecule has 0 saturated carbocycles. The van der Waals surface area contributed by atoms with E-state index in [2.05, 4.69) is 10.1 Å². The Balaban J connectivity index is 2.62. The molecular formula is C11H12ClN3O3. The molecule has 7 heteroatoms. The number of halogens is 1. The monoisotopic (exact) mass is 269 g/mol. The van der Waals surface area contributed by atoms with Gasteiger partial charge in [0.15, 0.2) is 0 Å². The first-order valence-corrected chi connectivity index (χ1v) is 5.81. The molecule has 0 aromatic carbocycles. The largest absolute Gasteiger partial charge is 0.480 e. The molecule has 0 saturated heterocycles. The normalized spacial score (nSPS) is 12.6. The van der Waals surface area contributed by atoms with Crippen LogP contribution in [-0.4, -0.2) is 32.4 Å². The lowest BCUT2D eigenvalue weighted by Gasteiger charge is -2.09. The number of hydrogen-bond donors (Lipinski definition) is 1. The number of pyridine rings is 1. The number of carboxylic acid groups (broad SMARTS) is 1. The highest BCUT2D eigenvalue weighted by Crippen LogP contribution is 2.28. The zero-order valence-electron chi connectivity index (χ0n) is 9.92. The van der Waals surface area contributed by atoms with Crippen LogP contribution in [0.1, 0.15) is 19.9 Å². The van der Waals surface area contributed by atoms with Crippen LogP contribution in [0.4, 0.5) is 0 Å². The molecule has 2 rings (SSSR count). The Labute approximate surface area is 108 Å². The lowest BCUT2D eigenvalue weighted by molar-refractivity contribution is -0.140. The maximum Gasteiger partial charge on any atom is 0.328 e. The van der Waals surface area contributed by atoms with Gasteiger partial charge in [-0.2, -0.15) is 5.10 Å². The van der Waals surface area contributed by atoms with Crippen LogP contribution in [0.15, 0.2) is 12.3 Å². The fraction of sp³-hybridized carbons (Fsp3) is 0.364. The van der Waals surface area contributed by atoms with Gasteiger partial charge in [0.1, 0.15) is 11.2 Å². The van der Waals surface area contributed by atoms with Crippen LogP contribution in [0.2, 0.25) is 5.15 Å². The van der Waals surface area contributed by atoms with Crippen molar-refractivity contribution in [3.8, 4) is 5.88 Å². The van der Waals surface area contributed by atoms with Crippen molar-refractivity contribution in [1.29, 1.82) is 0 Å². The van der Waals surface area contributed by atoms with Gasteiger partial charge in [-0.05, 0) is 13.8 Å². The van der Waals surface area contributed by atoms with E-state index in [9.17, 15) is 4.79 Å². The number of carbonyl (C=O) groups is 1. The molecule has 0 radical (unpaired) electrons. The van der Waals surface area contributed by atoms with Crippen molar-refractivity contribution in [3.63, 3.8) is 0 Å². The molecule has 0 bridgehead atoms. The van der Waals surface area contributed by atoms with Crippen LogP contribution in [0.25, 0.3) is 10.9 Å². The van der Waals surface area contributed by atoms with Crippen molar-refractivity contribution in [2.75, 3.05) is 6.61 Å². The molecule has 96 valence electrons. The zero-order valence-corrected chi connectivity index (χ0v) is 10.7. The van der Waals surface area contributed by atoms with Crippen LogP contribution < -0.4 is 4.74 Å². The van der Waals surface area contributed by atoms with E-state index in [1.807, 2.05) is 6.92 Å². The number of aromatic nitrogens is 3. The summed E-state index contributed by atoms with van der Waals surface area (Å²) in [5, 5.41) is 14.0. The van der Waals surface area contributed by atoms with E-state index in [1.165, 1.54) is 10.9 Å². The maximum absolute atomic E-state index is 11.0. The number of aliphatic carboxylic acids is 1. The van der Waals surface area contributed by atoms with E-state index in [0.717, 1.165) is 0 Å². The average molecular weight is 270 g/mol. The maximum atomic E-state index is 11.0. The molecule has 2 aromatic heterocycles. The van der Waals surface area contributed by atoms with Crippen LogP contribution in [0, 0.1) is 0 Å². The Morgan fingerprint density at radius 1 is 1.67 bits per heavy atom. The van der Waals surface area contributed by atoms with Crippen molar-refractivity contribution in [2.24, 2.45) is 0 Å². The van der Waals surface area contributed by atoms with E-state index >= 15 is 0 Å². The quantitative estimate of drug-likeness (QED) is 0.861. The number of fused-ring (bicyclic) bond motifs is 1. The second-order valence-corrected chi connectivity index (χ2v) is 4.11. The summed E-state index contributed by atoms with van der Waals surface area (Å²) in [5.74, 6) is -0.602. The Bertz CT molecular complexity index is 596. The highest BCUT2D eigenvalue weighted by molar-refractivity contribution is 6.30. The molecule has 6 nitrogen and oxygen atoms in total. The molecule has 1 atom stereocenters. The Morgan fingerprint density at radius 3 is 3.00 bits per heavy atom. The average Bonchev–Trinajstić information content (AvgIpc) is 2.71. The molecule has 1 unspecified atom stereocenters. The molecule has 0 amide bonds. The lowest BCUT2D eigenvalue weighted by Crippen LogP contribution is -2.16. The molecule has 0 aliphatic rings. The summed E-state index contributed by atoms with van der Waals surface area (Å²) in [6.07, 6.45) is 1.53. The zero-order chi connectivity index (χ0) is 13.3. The molecule has 1 N–H and O–H groups in total. The number of rotatable bonds is 4. The van der Waals surface area contributed by atoms with Crippen molar-refractivity contribution in [2.45, 2.75) is 19.9 Å². The Kier molecular flexibility index (Phi) is 3.38. The van der Waals surface area contributed by atoms with Crippen LogP contribution in [0.5, 0.6) is 5.88 Å². The number of carboxylic acids is 1. The molecule has 2 heterocycles. The minimum Gasteiger partial charge on any atom is -0.480 e. The first-order valence-electron chi connectivity index (χ1n) is 5.44. The van der Waals surface area contributed by atoms with Crippen LogP contribution >= 0.6 is 11.6 Å². The van der Waals surface area contributed by atoms with Crippen molar-refractivity contribution in [3.05, 3.63) is 17.4 Å². The first kappa shape index (κ1) is 12.6. The topological polar surface area (TPSA) is 77.2 Å². The van der Waals surface area contributed by atoms with Crippen LogP contribution in [0.3, 0.4) is 0 Å². The van der Waals surface area contributed by atoms with Gasteiger partial charge in [0.05, 0.1) is 23.7 Å². The van der Waals surface area contributed by atoms with E-state index in [0.29, 0.717) is 23.4 Å². The van der Waals surface area contributed by atoms with Crippen LogP contribution in [-0.2, 0) is 4.79 Å². The summed E-state index contributed by atoms with van der Waals surface area (Å²) < 4.78 is 6.74. The van der Waals surface area contributed by atoms with Crippen molar-refractivity contribution < 1.29 is 14.6 Å². The third-order valence-corrected chi connectivity index (χ3v) is 2.73. The summed E-state index contributed by atoms with van der Waals surface area (Å²) in [5.41, 5.74) is 0.591. The highest BCUT2D eigenvalue weighted by Gasteiger charge is 2.19. The summed E-state index contributed by atoms with van der Waals surface area (Å²) in [7, 11) is 0. The number of ether oxygens (including phenoxy) is 1. The molecular weight excluding hydrogens is 258 g/mol. The fourth-order valence-electron chi connectivity index (χ4n) is 1.64. The SMILES string of the molecule is CCOc1nc(Cl)cc2c1cnn2C(C)C(=O)O. The number of hydrogen-bond acceptors (Lipinski definition) is 4. The van der Waals surface area contributed by atoms with E-state index in [4.69, 9.17) is 21.4 Å². The van der Waals surface area contributed by atoms with Gasteiger partial charge >= 0.3 is 5.97 Å². The molecule has 0 aliphatic carbocycles. The third-order valence-electron chi connectivity index (χ3n) is 2.53. The van der Waals surface area contributed by atoms with Gasteiger partial charge in [-0.3, -0.25) is 4.68 Å². The summed E-state index contributed by atoms with van der Waals surface area (Å²) in [4.78, 5) is 15.0. The molecule has 0 spiro atoms. The van der Waals surface area contributed by atoms with E-state index in [1.54, 1.807) is 13.0 Å². The molecule has 0 aliphatic heterocycles. The van der Waals surface area contributed by atoms with E-state index in [-0.39, 0.29) is 5.15 Å². The van der Waals surface area contributed by atoms with Crippen molar-refractivity contribution in [1.82, 2.24) is 14.8 Å². The van der Waals surface area contributed by atoms with Gasteiger partial charge < -0.3 is 9.84 Å². The Morgan fingerprint density at radius 2 is 2.39 bits per heavy atom.